The fourth-order valence-electron chi connectivity index (χ4n) is 3.30. The summed E-state index contributed by atoms with van der Waals surface area (Å²) in [5.74, 6) is 1.74. The lowest BCUT2D eigenvalue weighted by Gasteiger charge is -2.51. The van der Waals surface area contributed by atoms with Gasteiger partial charge in [-0.2, -0.15) is 0 Å². The molecule has 0 aromatic carbocycles. The summed E-state index contributed by atoms with van der Waals surface area (Å²) in [6, 6.07) is 2.38. The van der Waals surface area contributed by atoms with Gasteiger partial charge in [0.05, 0.1) is 0 Å². The quantitative estimate of drug-likeness (QED) is 0.792. The van der Waals surface area contributed by atoms with Gasteiger partial charge in [-0.25, -0.2) is 0 Å². The molecule has 16 heavy (non-hydrogen) atoms. The molecule has 0 amide bonds. The van der Waals surface area contributed by atoms with Crippen LogP contribution in [0.15, 0.2) is 0 Å². The molecule has 0 aromatic rings. The summed E-state index contributed by atoms with van der Waals surface area (Å²) >= 11 is 0. The highest BCUT2D eigenvalue weighted by molar-refractivity contribution is 4.95. The van der Waals surface area contributed by atoms with Crippen LogP contribution in [0.3, 0.4) is 0 Å². The molecule has 1 aliphatic heterocycles. The van der Waals surface area contributed by atoms with E-state index in [0.717, 1.165) is 30.0 Å². The zero-order chi connectivity index (χ0) is 11.7. The van der Waals surface area contributed by atoms with Gasteiger partial charge in [-0.3, -0.25) is 4.90 Å². The number of hydrogen-bond donors (Lipinski definition) is 1. The lowest BCUT2D eigenvalue weighted by atomic mass is 9.78. The van der Waals surface area contributed by atoms with Gasteiger partial charge in [0, 0.05) is 31.2 Å². The molecule has 1 heterocycles. The van der Waals surface area contributed by atoms with E-state index in [1.807, 2.05) is 0 Å². The van der Waals surface area contributed by atoms with Crippen LogP contribution in [0.5, 0.6) is 0 Å². The van der Waals surface area contributed by atoms with Crippen LogP contribution in [0.4, 0.5) is 0 Å². The predicted octanol–water partition coefficient (Wildman–Crippen LogP) is 2.49. The standard InChI is InChI=1S/C14H28N2/c1-5-12-9-16(13-6-11(4)7-13)14(8-15-12)10(2)3/h10-15H,5-9H2,1-4H3. The third-order valence-electron chi connectivity index (χ3n) is 4.55. The maximum absolute atomic E-state index is 3.70. The Kier molecular flexibility index (Phi) is 3.91. The molecule has 2 unspecified atom stereocenters. The Morgan fingerprint density at radius 2 is 2.00 bits per heavy atom. The molecule has 2 nitrogen and oxygen atoms in total. The lowest BCUT2D eigenvalue weighted by molar-refractivity contribution is 0.000743. The SMILES string of the molecule is CCC1CN(C2CC(C)C2)C(C(C)C)CN1. The first-order chi connectivity index (χ1) is 7.61. The fraction of sp³-hybridized carbons (Fsp3) is 1.00. The van der Waals surface area contributed by atoms with Crippen molar-refractivity contribution in [1.82, 2.24) is 10.2 Å². The fourth-order valence-corrected chi connectivity index (χ4v) is 3.30. The summed E-state index contributed by atoms with van der Waals surface area (Å²) in [7, 11) is 0. The number of nitrogens with zero attached hydrogens (tertiary/aromatic N) is 1. The second-order valence-corrected chi connectivity index (χ2v) is 6.25. The molecule has 0 aromatic heterocycles. The van der Waals surface area contributed by atoms with Gasteiger partial charge in [-0.15, -0.1) is 0 Å². The minimum Gasteiger partial charge on any atom is -0.311 e. The molecule has 2 fully saturated rings. The van der Waals surface area contributed by atoms with Crippen molar-refractivity contribution in [3.8, 4) is 0 Å². The molecular weight excluding hydrogens is 196 g/mol. The topological polar surface area (TPSA) is 15.3 Å². The zero-order valence-electron chi connectivity index (χ0n) is 11.4. The summed E-state index contributed by atoms with van der Waals surface area (Å²) < 4.78 is 0. The molecule has 2 rings (SSSR count). The van der Waals surface area contributed by atoms with Crippen molar-refractivity contribution in [1.29, 1.82) is 0 Å². The predicted molar refractivity (Wildman–Crippen MR) is 69.6 cm³/mol. The summed E-state index contributed by atoms with van der Waals surface area (Å²) in [5, 5.41) is 3.70. The van der Waals surface area contributed by atoms with Crippen molar-refractivity contribution in [3.63, 3.8) is 0 Å². The first kappa shape index (κ1) is 12.4. The van der Waals surface area contributed by atoms with Crippen LogP contribution in [0.25, 0.3) is 0 Å². The highest BCUT2D eigenvalue weighted by Gasteiger charge is 2.38. The maximum atomic E-state index is 3.70. The molecule has 0 radical (unpaired) electrons. The molecule has 1 N–H and O–H groups in total. The van der Waals surface area contributed by atoms with E-state index in [1.54, 1.807) is 0 Å². The molecule has 2 heteroatoms. The van der Waals surface area contributed by atoms with Crippen molar-refractivity contribution in [2.24, 2.45) is 11.8 Å². The minimum atomic E-state index is 0.728. The Morgan fingerprint density at radius 3 is 2.50 bits per heavy atom. The molecular formula is C14H28N2. The third kappa shape index (κ3) is 2.43. The van der Waals surface area contributed by atoms with E-state index in [4.69, 9.17) is 0 Å². The molecule has 1 saturated heterocycles. The molecule has 0 bridgehead atoms. The Morgan fingerprint density at radius 1 is 1.31 bits per heavy atom. The number of rotatable bonds is 3. The zero-order valence-corrected chi connectivity index (χ0v) is 11.4. The van der Waals surface area contributed by atoms with Gasteiger partial charge in [-0.1, -0.05) is 27.7 Å². The number of hydrogen-bond acceptors (Lipinski definition) is 2. The molecule has 2 atom stereocenters. The summed E-state index contributed by atoms with van der Waals surface area (Å²) in [4.78, 5) is 2.81. The molecule has 1 saturated carbocycles. The van der Waals surface area contributed by atoms with E-state index >= 15 is 0 Å². The number of nitrogens with one attached hydrogen (secondary N) is 1. The largest absolute Gasteiger partial charge is 0.311 e. The smallest absolute Gasteiger partial charge is 0.0247 e. The van der Waals surface area contributed by atoms with E-state index in [2.05, 4.69) is 37.9 Å². The van der Waals surface area contributed by atoms with Crippen molar-refractivity contribution in [3.05, 3.63) is 0 Å². The molecule has 94 valence electrons. The monoisotopic (exact) mass is 224 g/mol. The van der Waals surface area contributed by atoms with Gasteiger partial charge >= 0.3 is 0 Å². The van der Waals surface area contributed by atoms with Crippen molar-refractivity contribution >= 4 is 0 Å². The molecule has 0 spiro atoms. The van der Waals surface area contributed by atoms with Crippen LogP contribution in [0, 0.1) is 11.8 Å². The van der Waals surface area contributed by atoms with E-state index < -0.39 is 0 Å². The Bertz CT molecular complexity index is 221. The first-order valence-electron chi connectivity index (χ1n) is 7.11. The van der Waals surface area contributed by atoms with E-state index in [9.17, 15) is 0 Å². The van der Waals surface area contributed by atoms with Crippen LogP contribution < -0.4 is 5.32 Å². The number of piperazine rings is 1. The third-order valence-corrected chi connectivity index (χ3v) is 4.55. The lowest BCUT2D eigenvalue weighted by Crippen LogP contribution is -2.62. The van der Waals surface area contributed by atoms with Crippen molar-refractivity contribution in [2.75, 3.05) is 13.1 Å². The van der Waals surface area contributed by atoms with E-state index in [1.165, 1.54) is 32.4 Å². The average Bonchev–Trinajstić information content (AvgIpc) is 2.23. The summed E-state index contributed by atoms with van der Waals surface area (Å²) in [5.41, 5.74) is 0. The average molecular weight is 224 g/mol. The Hall–Kier alpha value is -0.0800. The summed E-state index contributed by atoms with van der Waals surface area (Å²) in [6.45, 7) is 11.9. The van der Waals surface area contributed by atoms with Crippen LogP contribution in [-0.2, 0) is 0 Å². The van der Waals surface area contributed by atoms with Crippen LogP contribution in [0.1, 0.15) is 47.0 Å². The van der Waals surface area contributed by atoms with Gasteiger partial charge in [0.1, 0.15) is 0 Å². The van der Waals surface area contributed by atoms with Gasteiger partial charge in [0.25, 0.3) is 0 Å². The Labute approximate surface area is 101 Å². The van der Waals surface area contributed by atoms with Gasteiger partial charge in [-0.05, 0) is 31.1 Å². The van der Waals surface area contributed by atoms with Gasteiger partial charge < -0.3 is 5.32 Å². The normalized spacial score (nSPS) is 41.1. The second-order valence-electron chi connectivity index (χ2n) is 6.25. The maximum Gasteiger partial charge on any atom is 0.0247 e. The highest BCUT2D eigenvalue weighted by atomic mass is 15.3. The summed E-state index contributed by atoms with van der Waals surface area (Å²) in [6.07, 6.45) is 4.13. The van der Waals surface area contributed by atoms with Gasteiger partial charge in [0.15, 0.2) is 0 Å². The Balaban J connectivity index is 1.97. The van der Waals surface area contributed by atoms with Crippen molar-refractivity contribution < 1.29 is 0 Å². The highest BCUT2D eigenvalue weighted by Crippen LogP contribution is 2.34. The van der Waals surface area contributed by atoms with E-state index in [-0.39, 0.29) is 0 Å². The molecule has 1 aliphatic carbocycles. The van der Waals surface area contributed by atoms with Gasteiger partial charge in [0.2, 0.25) is 0 Å². The first-order valence-corrected chi connectivity index (χ1v) is 7.11. The van der Waals surface area contributed by atoms with Crippen LogP contribution in [0.2, 0.25) is 0 Å². The molecule has 2 aliphatic rings. The van der Waals surface area contributed by atoms with E-state index in [0.29, 0.717) is 0 Å². The second kappa shape index (κ2) is 5.05. The van der Waals surface area contributed by atoms with Crippen LogP contribution >= 0.6 is 0 Å². The van der Waals surface area contributed by atoms with Crippen molar-refractivity contribution in [2.45, 2.75) is 65.1 Å². The minimum absolute atomic E-state index is 0.728. The van der Waals surface area contributed by atoms with Crippen LogP contribution in [-0.4, -0.2) is 36.1 Å².